The van der Waals surface area contributed by atoms with Gasteiger partial charge in [-0.05, 0) is 49.4 Å². The number of hydrogen-bond donors (Lipinski definition) is 1. The maximum absolute atomic E-state index is 12.0. The number of amides is 1. The summed E-state index contributed by atoms with van der Waals surface area (Å²) in [6.45, 7) is 7.85. The van der Waals surface area contributed by atoms with E-state index in [0.717, 1.165) is 42.0 Å². The molecule has 0 spiro atoms. The summed E-state index contributed by atoms with van der Waals surface area (Å²) < 4.78 is 13.2. The highest BCUT2D eigenvalue weighted by molar-refractivity contribution is 5.78. The molecule has 0 saturated carbocycles. The van der Waals surface area contributed by atoms with E-state index in [1.165, 1.54) is 12.7 Å². The number of ether oxygens (including phenoxy) is 2. The Kier molecular flexibility index (Phi) is 8.06. The zero-order chi connectivity index (χ0) is 22.2. The Balaban J connectivity index is 1.64. The van der Waals surface area contributed by atoms with Crippen molar-refractivity contribution in [3.8, 4) is 5.75 Å². The molecule has 1 atom stereocenters. The van der Waals surface area contributed by atoms with Gasteiger partial charge in [0.2, 0.25) is 5.91 Å². The van der Waals surface area contributed by atoms with Crippen LogP contribution in [0.5, 0.6) is 5.75 Å². The smallest absolute Gasteiger partial charge is 0.246 e. The maximum Gasteiger partial charge on any atom is 0.246 e. The molecule has 1 unspecified atom stereocenters. The van der Waals surface area contributed by atoms with Crippen LogP contribution in [0.3, 0.4) is 0 Å². The monoisotopic (exact) mass is 423 g/mol. The first-order valence-corrected chi connectivity index (χ1v) is 11.0. The first kappa shape index (κ1) is 22.8. The normalized spacial score (nSPS) is 12.3. The topological polar surface area (TPSA) is 65.4 Å². The molecule has 1 amide bonds. The first-order valence-electron chi connectivity index (χ1n) is 11.0. The fourth-order valence-electron chi connectivity index (χ4n) is 3.78. The summed E-state index contributed by atoms with van der Waals surface area (Å²) in [5.41, 5.74) is 3.26. The Morgan fingerprint density at radius 3 is 2.58 bits per heavy atom. The quantitative estimate of drug-likeness (QED) is 0.448. The van der Waals surface area contributed by atoms with Gasteiger partial charge in [-0.2, -0.15) is 0 Å². The van der Waals surface area contributed by atoms with Gasteiger partial charge in [-0.25, -0.2) is 4.98 Å². The van der Waals surface area contributed by atoms with Crippen LogP contribution in [-0.4, -0.2) is 35.8 Å². The number of unbranched alkanes of at least 4 members (excludes halogenated alkanes) is 1. The van der Waals surface area contributed by atoms with E-state index in [1.54, 1.807) is 0 Å². The molecule has 31 heavy (non-hydrogen) atoms. The molecule has 1 N–H and O–H groups in total. The van der Waals surface area contributed by atoms with E-state index in [2.05, 4.69) is 41.9 Å². The molecule has 166 valence electrons. The van der Waals surface area contributed by atoms with Crippen molar-refractivity contribution in [2.45, 2.75) is 52.1 Å². The molecular weight excluding hydrogens is 390 g/mol. The van der Waals surface area contributed by atoms with E-state index in [-0.39, 0.29) is 18.6 Å². The number of carbonyl (C=O) groups excluding carboxylic acids is 1. The number of fused-ring (bicyclic) bond motifs is 1. The molecule has 3 aromatic rings. The minimum atomic E-state index is -0.204. The summed E-state index contributed by atoms with van der Waals surface area (Å²) in [7, 11) is 1.52. The number of methoxy groups -OCH3 is 1. The fraction of sp³-hybridized carbons (Fsp3) is 0.440. The lowest BCUT2D eigenvalue weighted by Crippen LogP contribution is -2.31. The average Bonchev–Trinajstić information content (AvgIpc) is 3.12. The summed E-state index contributed by atoms with van der Waals surface area (Å²) in [5.74, 6) is 2.12. The zero-order valence-electron chi connectivity index (χ0n) is 18.9. The van der Waals surface area contributed by atoms with Crippen molar-refractivity contribution in [3.63, 3.8) is 0 Å². The lowest BCUT2D eigenvalue weighted by molar-refractivity contribution is -0.125. The van der Waals surface area contributed by atoms with E-state index in [4.69, 9.17) is 14.5 Å². The molecular formula is C25H33N3O3. The van der Waals surface area contributed by atoms with Gasteiger partial charge in [0.05, 0.1) is 23.7 Å². The molecule has 0 aliphatic carbocycles. The third-order valence-corrected chi connectivity index (χ3v) is 5.30. The minimum absolute atomic E-state index is 0.0414. The van der Waals surface area contributed by atoms with Crippen LogP contribution < -0.4 is 10.1 Å². The van der Waals surface area contributed by atoms with E-state index in [1.807, 2.05) is 37.3 Å². The van der Waals surface area contributed by atoms with Gasteiger partial charge in [-0.3, -0.25) is 4.79 Å². The molecule has 0 aliphatic rings. The van der Waals surface area contributed by atoms with Crippen molar-refractivity contribution in [1.82, 2.24) is 14.9 Å². The fourth-order valence-corrected chi connectivity index (χ4v) is 3.78. The molecule has 0 saturated heterocycles. The third kappa shape index (κ3) is 5.85. The first-order chi connectivity index (χ1) is 15.0. The van der Waals surface area contributed by atoms with Gasteiger partial charge in [-0.1, -0.05) is 44.2 Å². The highest BCUT2D eigenvalue weighted by Gasteiger charge is 2.18. The molecule has 0 bridgehead atoms. The SMILES string of the molecule is COCC(=O)NC(C)c1nc2ccccc2n1CCCCOc1ccccc1C(C)C. The lowest BCUT2D eigenvalue weighted by Gasteiger charge is -2.17. The standard InChI is InChI=1S/C25H33N3O3/c1-18(2)20-11-5-8-14-23(20)31-16-10-9-15-28-22-13-7-6-12-21(22)27-25(28)19(3)26-24(29)17-30-4/h5-8,11-14,18-19H,9-10,15-17H2,1-4H3,(H,26,29). The summed E-state index contributed by atoms with van der Waals surface area (Å²) in [6.07, 6.45) is 1.89. The van der Waals surface area contributed by atoms with Gasteiger partial charge >= 0.3 is 0 Å². The number of hydrogen-bond acceptors (Lipinski definition) is 4. The van der Waals surface area contributed by atoms with Crippen LogP contribution in [0.2, 0.25) is 0 Å². The Hall–Kier alpha value is -2.86. The maximum atomic E-state index is 12.0. The van der Waals surface area contributed by atoms with Gasteiger partial charge in [-0.15, -0.1) is 0 Å². The Labute approximate surface area is 184 Å². The Bertz CT molecular complexity index is 997. The second kappa shape index (κ2) is 11.0. The molecule has 3 rings (SSSR count). The van der Waals surface area contributed by atoms with Crippen molar-refractivity contribution in [1.29, 1.82) is 0 Å². The number of nitrogens with one attached hydrogen (secondary N) is 1. The van der Waals surface area contributed by atoms with E-state index >= 15 is 0 Å². The largest absolute Gasteiger partial charge is 0.493 e. The molecule has 6 nitrogen and oxygen atoms in total. The number of para-hydroxylation sites is 3. The van der Waals surface area contributed by atoms with Crippen LogP contribution in [0.4, 0.5) is 0 Å². The second-order valence-corrected chi connectivity index (χ2v) is 8.08. The summed E-state index contributed by atoms with van der Waals surface area (Å²) in [5, 5.41) is 2.97. The summed E-state index contributed by atoms with van der Waals surface area (Å²) in [6, 6.07) is 16.1. The highest BCUT2D eigenvalue weighted by Crippen LogP contribution is 2.26. The van der Waals surface area contributed by atoms with Gasteiger partial charge in [0.1, 0.15) is 18.2 Å². The van der Waals surface area contributed by atoms with Crippen molar-refractivity contribution in [2.75, 3.05) is 20.3 Å². The summed E-state index contributed by atoms with van der Waals surface area (Å²) >= 11 is 0. The van der Waals surface area contributed by atoms with Crippen molar-refractivity contribution in [2.24, 2.45) is 0 Å². The molecule has 2 aromatic carbocycles. The van der Waals surface area contributed by atoms with Gasteiger partial charge in [0, 0.05) is 13.7 Å². The van der Waals surface area contributed by atoms with E-state index < -0.39 is 0 Å². The Morgan fingerprint density at radius 1 is 1.06 bits per heavy atom. The molecule has 6 heteroatoms. The predicted octanol–water partition coefficient (Wildman–Crippen LogP) is 4.84. The van der Waals surface area contributed by atoms with Gasteiger partial charge in [0.25, 0.3) is 0 Å². The van der Waals surface area contributed by atoms with Crippen LogP contribution in [0.15, 0.2) is 48.5 Å². The molecule has 1 aromatic heterocycles. The second-order valence-electron chi connectivity index (χ2n) is 8.08. The number of aryl methyl sites for hydroxylation is 1. The Morgan fingerprint density at radius 2 is 1.81 bits per heavy atom. The van der Waals surface area contributed by atoms with Crippen molar-refractivity contribution >= 4 is 16.9 Å². The van der Waals surface area contributed by atoms with Crippen LogP contribution in [-0.2, 0) is 16.1 Å². The molecule has 0 aliphatic heterocycles. The van der Waals surface area contributed by atoms with Crippen LogP contribution in [0, 0.1) is 0 Å². The molecule has 1 heterocycles. The molecule has 0 fully saturated rings. The summed E-state index contributed by atoms with van der Waals surface area (Å²) in [4.78, 5) is 16.8. The zero-order valence-corrected chi connectivity index (χ0v) is 18.9. The third-order valence-electron chi connectivity index (χ3n) is 5.30. The number of rotatable bonds is 11. The predicted molar refractivity (Wildman–Crippen MR) is 123 cm³/mol. The highest BCUT2D eigenvalue weighted by atomic mass is 16.5. The van der Waals surface area contributed by atoms with Gasteiger partial charge in [0.15, 0.2) is 0 Å². The number of benzene rings is 2. The van der Waals surface area contributed by atoms with Crippen LogP contribution >= 0.6 is 0 Å². The average molecular weight is 424 g/mol. The number of aromatic nitrogens is 2. The van der Waals surface area contributed by atoms with Crippen LogP contribution in [0.1, 0.15) is 57.0 Å². The van der Waals surface area contributed by atoms with E-state index in [9.17, 15) is 4.79 Å². The van der Waals surface area contributed by atoms with E-state index in [0.29, 0.717) is 12.5 Å². The number of imidazole rings is 1. The number of carbonyl (C=O) groups is 1. The van der Waals surface area contributed by atoms with Crippen molar-refractivity contribution < 1.29 is 14.3 Å². The molecule has 0 radical (unpaired) electrons. The van der Waals surface area contributed by atoms with Crippen LogP contribution in [0.25, 0.3) is 11.0 Å². The lowest BCUT2D eigenvalue weighted by atomic mass is 10.0. The van der Waals surface area contributed by atoms with Crippen molar-refractivity contribution in [3.05, 3.63) is 59.9 Å². The van der Waals surface area contributed by atoms with Gasteiger partial charge < -0.3 is 19.4 Å². The minimum Gasteiger partial charge on any atom is -0.493 e. The number of nitrogens with zero attached hydrogens (tertiary/aromatic N) is 2.